The number of anilines is 1. The molecule has 0 atom stereocenters. The molecule has 14 heteroatoms. The largest absolute Gasteiger partial charge is 0.465 e. The lowest BCUT2D eigenvalue weighted by molar-refractivity contribution is -0.142. The number of thiophene rings is 2. The zero-order valence-electron chi connectivity index (χ0n) is 18.2. The zero-order valence-corrected chi connectivity index (χ0v) is 19.9. The molecule has 182 valence electrons. The van der Waals surface area contributed by atoms with E-state index in [4.69, 9.17) is 9.47 Å². The van der Waals surface area contributed by atoms with Crippen LogP contribution in [0.15, 0.2) is 29.6 Å². The van der Waals surface area contributed by atoms with E-state index in [1.165, 1.54) is 18.3 Å². The van der Waals surface area contributed by atoms with Gasteiger partial charge in [0.25, 0.3) is 5.91 Å². The molecule has 0 aromatic carbocycles. The third kappa shape index (κ3) is 4.49. The van der Waals surface area contributed by atoms with Gasteiger partial charge in [-0.1, -0.05) is 6.07 Å². The number of fused-ring (bicyclic) bond motifs is 1. The lowest BCUT2D eigenvalue weighted by atomic mass is 10.1. The molecule has 4 aromatic rings. The molecular formula is C21H15F3N4O5S2. The van der Waals surface area contributed by atoms with Crippen LogP contribution in [0.4, 0.5) is 18.2 Å². The normalized spacial score (nSPS) is 11.5. The Balaban J connectivity index is 1.78. The summed E-state index contributed by atoms with van der Waals surface area (Å²) in [5.74, 6) is -2.46. The number of rotatable bonds is 5. The minimum Gasteiger partial charge on any atom is -0.465 e. The predicted octanol–water partition coefficient (Wildman–Crippen LogP) is 4.67. The van der Waals surface area contributed by atoms with Gasteiger partial charge in [0.15, 0.2) is 17.0 Å². The number of carbonyl (C=O) groups excluding carboxylic acids is 3. The number of halogens is 3. The number of aromatic nitrogens is 3. The highest BCUT2D eigenvalue weighted by Gasteiger charge is 2.36. The maximum Gasteiger partial charge on any atom is 0.433 e. The molecule has 0 bridgehead atoms. The second-order valence-corrected chi connectivity index (χ2v) is 8.97. The third-order valence-corrected chi connectivity index (χ3v) is 6.94. The average molecular weight is 525 g/mol. The highest BCUT2D eigenvalue weighted by atomic mass is 32.1. The Bertz CT molecular complexity index is 1460. The number of alkyl halides is 3. The van der Waals surface area contributed by atoms with Crippen molar-refractivity contribution in [3.05, 3.63) is 57.0 Å². The van der Waals surface area contributed by atoms with Crippen LogP contribution < -0.4 is 5.32 Å². The van der Waals surface area contributed by atoms with Crippen LogP contribution >= 0.6 is 22.7 Å². The first kappa shape index (κ1) is 24.3. The number of nitrogens with one attached hydrogen (secondary N) is 1. The van der Waals surface area contributed by atoms with Crippen molar-refractivity contribution in [3.8, 4) is 10.6 Å². The van der Waals surface area contributed by atoms with Crippen molar-refractivity contribution in [2.24, 2.45) is 0 Å². The molecule has 1 N–H and O–H groups in total. The molecule has 0 aliphatic rings. The summed E-state index contributed by atoms with van der Waals surface area (Å²) >= 11 is 1.98. The van der Waals surface area contributed by atoms with Gasteiger partial charge in [-0.3, -0.25) is 4.79 Å². The number of hydrogen-bond donors (Lipinski definition) is 1. The smallest absolute Gasteiger partial charge is 0.433 e. The van der Waals surface area contributed by atoms with Crippen LogP contribution in [-0.4, -0.2) is 46.7 Å². The highest BCUT2D eigenvalue weighted by Crippen LogP contribution is 2.35. The van der Waals surface area contributed by atoms with Crippen LogP contribution in [0.3, 0.4) is 0 Å². The summed E-state index contributed by atoms with van der Waals surface area (Å²) in [6.45, 7) is 1.47. The van der Waals surface area contributed by atoms with Crippen molar-refractivity contribution in [1.29, 1.82) is 0 Å². The summed E-state index contributed by atoms with van der Waals surface area (Å²) in [7, 11) is 2.28. The molecule has 0 saturated carbocycles. The first-order chi connectivity index (χ1) is 16.5. The minimum absolute atomic E-state index is 0.0416. The topological polar surface area (TPSA) is 112 Å². The van der Waals surface area contributed by atoms with E-state index >= 15 is 0 Å². The van der Waals surface area contributed by atoms with Crippen LogP contribution in [0.1, 0.15) is 41.8 Å². The van der Waals surface area contributed by atoms with E-state index in [1.807, 2.05) is 0 Å². The molecule has 0 unspecified atom stereocenters. The number of ether oxygens (including phenoxy) is 2. The molecule has 0 fully saturated rings. The van der Waals surface area contributed by atoms with E-state index < -0.39 is 29.7 Å². The van der Waals surface area contributed by atoms with Crippen LogP contribution in [0.2, 0.25) is 0 Å². The maximum atomic E-state index is 13.8. The monoisotopic (exact) mass is 524 g/mol. The summed E-state index contributed by atoms with van der Waals surface area (Å²) in [6, 6.07) is 5.26. The Kier molecular flexibility index (Phi) is 6.34. The number of amides is 1. The van der Waals surface area contributed by atoms with E-state index in [0.717, 1.165) is 37.7 Å². The summed E-state index contributed by atoms with van der Waals surface area (Å²) in [5.41, 5.74) is -1.46. The SMILES string of the molecule is COC(=O)c1sc(NC(=O)c2cc3nc(-c4cccs4)cc(C(F)(F)F)n3n2)c(C(=O)OC)c1C. The Labute approximate surface area is 203 Å². The average Bonchev–Trinajstić information content (AvgIpc) is 3.55. The summed E-state index contributed by atoms with van der Waals surface area (Å²) in [5, 5.41) is 7.89. The van der Waals surface area contributed by atoms with Gasteiger partial charge in [0.2, 0.25) is 0 Å². The number of carbonyl (C=O) groups is 3. The molecule has 0 aliphatic carbocycles. The molecule has 0 spiro atoms. The van der Waals surface area contributed by atoms with Gasteiger partial charge in [-0.05, 0) is 30.0 Å². The van der Waals surface area contributed by atoms with Crippen molar-refractivity contribution in [2.45, 2.75) is 13.1 Å². The van der Waals surface area contributed by atoms with E-state index in [0.29, 0.717) is 9.39 Å². The molecule has 4 rings (SSSR count). The van der Waals surface area contributed by atoms with Crippen LogP contribution in [0, 0.1) is 6.92 Å². The number of hydrogen-bond acceptors (Lipinski definition) is 9. The molecule has 4 aromatic heterocycles. The van der Waals surface area contributed by atoms with E-state index in [1.54, 1.807) is 17.5 Å². The van der Waals surface area contributed by atoms with Gasteiger partial charge in [-0.2, -0.15) is 18.3 Å². The zero-order chi connectivity index (χ0) is 25.5. The van der Waals surface area contributed by atoms with E-state index in [9.17, 15) is 27.6 Å². The summed E-state index contributed by atoms with van der Waals surface area (Å²) in [6.07, 6.45) is -4.77. The van der Waals surface area contributed by atoms with Gasteiger partial charge in [-0.15, -0.1) is 22.7 Å². The van der Waals surface area contributed by atoms with Crippen LogP contribution in [0.5, 0.6) is 0 Å². The molecule has 0 aliphatic heterocycles. The van der Waals surface area contributed by atoms with Gasteiger partial charge >= 0.3 is 18.1 Å². The van der Waals surface area contributed by atoms with Gasteiger partial charge < -0.3 is 14.8 Å². The lowest BCUT2D eigenvalue weighted by Crippen LogP contribution is -2.16. The number of methoxy groups -OCH3 is 2. The maximum absolute atomic E-state index is 13.8. The lowest BCUT2D eigenvalue weighted by Gasteiger charge is -2.10. The Morgan fingerprint density at radius 1 is 1.11 bits per heavy atom. The quantitative estimate of drug-likeness (QED) is 0.378. The second-order valence-electron chi connectivity index (χ2n) is 7.00. The fourth-order valence-electron chi connectivity index (χ4n) is 3.24. The second kappa shape index (κ2) is 9.11. The van der Waals surface area contributed by atoms with Crippen molar-refractivity contribution in [3.63, 3.8) is 0 Å². The Morgan fingerprint density at radius 2 is 1.83 bits per heavy atom. The molecule has 4 heterocycles. The third-order valence-electron chi connectivity index (χ3n) is 4.86. The first-order valence-corrected chi connectivity index (χ1v) is 11.4. The minimum atomic E-state index is -4.77. The first-order valence-electron chi connectivity index (χ1n) is 9.68. The van der Waals surface area contributed by atoms with E-state index in [2.05, 4.69) is 15.4 Å². The van der Waals surface area contributed by atoms with Crippen molar-refractivity contribution >= 4 is 51.2 Å². The Hall–Kier alpha value is -3.78. The molecule has 9 nitrogen and oxygen atoms in total. The van der Waals surface area contributed by atoms with Gasteiger partial charge in [0.05, 0.1) is 30.4 Å². The van der Waals surface area contributed by atoms with Crippen LogP contribution in [-0.2, 0) is 15.7 Å². The van der Waals surface area contributed by atoms with Crippen molar-refractivity contribution in [2.75, 3.05) is 19.5 Å². The predicted molar refractivity (Wildman–Crippen MR) is 121 cm³/mol. The molecule has 35 heavy (non-hydrogen) atoms. The van der Waals surface area contributed by atoms with E-state index in [-0.39, 0.29) is 38.0 Å². The van der Waals surface area contributed by atoms with Crippen molar-refractivity contribution < 1.29 is 37.0 Å². The Morgan fingerprint density at radius 3 is 2.43 bits per heavy atom. The summed E-state index contributed by atoms with van der Waals surface area (Å²) in [4.78, 5) is 42.0. The fourth-order valence-corrected chi connectivity index (χ4v) is 5.04. The molecule has 0 radical (unpaired) electrons. The van der Waals surface area contributed by atoms with Crippen molar-refractivity contribution in [1.82, 2.24) is 14.6 Å². The number of esters is 2. The van der Waals surface area contributed by atoms with Crippen LogP contribution in [0.25, 0.3) is 16.2 Å². The molecular weight excluding hydrogens is 509 g/mol. The standard InChI is InChI=1S/C21H15F3N4O5S2/c1-9-15(19(30)32-2)18(35-16(9)20(31)33-3)26-17(29)11-8-14-25-10(12-5-4-6-34-12)7-13(21(22,23)24)28(14)27-11/h4-8H,1-3H3,(H,26,29). The summed E-state index contributed by atoms with van der Waals surface area (Å²) < 4.78 is 51.2. The highest BCUT2D eigenvalue weighted by molar-refractivity contribution is 7.18. The van der Waals surface area contributed by atoms with Gasteiger partial charge in [0.1, 0.15) is 9.88 Å². The molecule has 0 saturated heterocycles. The van der Waals surface area contributed by atoms with Gasteiger partial charge in [0, 0.05) is 6.07 Å². The fraction of sp³-hybridized carbons (Fsp3) is 0.190. The number of nitrogens with zero attached hydrogens (tertiary/aromatic N) is 3. The van der Waals surface area contributed by atoms with Gasteiger partial charge in [-0.25, -0.2) is 19.1 Å². The molecule has 1 amide bonds.